The van der Waals surface area contributed by atoms with Crippen molar-refractivity contribution >= 4 is 17.2 Å². The number of nitrogens with two attached hydrogens (primary N) is 1. The first-order valence-electron chi connectivity index (χ1n) is 11.2. The van der Waals surface area contributed by atoms with Gasteiger partial charge in [0, 0.05) is 29.8 Å². The fourth-order valence-electron chi connectivity index (χ4n) is 5.20. The van der Waals surface area contributed by atoms with Gasteiger partial charge >= 0.3 is 0 Å². The summed E-state index contributed by atoms with van der Waals surface area (Å²) in [5.74, 6) is -0.385. The van der Waals surface area contributed by atoms with Crippen molar-refractivity contribution in [2.45, 2.75) is 53.4 Å². The number of anilines is 1. The van der Waals surface area contributed by atoms with E-state index >= 15 is 0 Å². The van der Waals surface area contributed by atoms with Crippen molar-refractivity contribution in [3.8, 4) is 6.07 Å². The molecule has 0 saturated heterocycles. The molecule has 0 fully saturated rings. The maximum Gasteiger partial charge on any atom is 0.271 e. The van der Waals surface area contributed by atoms with Crippen molar-refractivity contribution in [2.24, 2.45) is 11.1 Å². The van der Waals surface area contributed by atoms with Gasteiger partial charge in [-0.2, -0.15) is 5.26 Å². The van der Waals surface area contributed by atoms with E-state index < -0.39 is 10.8 Å². The van der Waals surface area contributed by atoms with Crippen LogP contribution in [0.4, 0.5) is 11.4 Å². The average Bonchev–Trinajstić information content (AvgIpc) is 2.73. The van der Waals surface area contributed by atoms with E-state index in [0.717, 1.165) is 22.3 Å². The first-order chi connectivity index (χ1) is 15.9. The summed E-state index contributed by atoms with van der Waals surface area (Å²) in [5, 5.41) is 21.8. The topological polar surface area (TPSA) is 113 Å². The predicted molar refractivity (Wildman–Crippen MR) is 131 cm³/mol. The van der Waals surface area contributed by atoms with Crippen molar-refractivity contribution in [3.05, 3.63) is 91.4 Å². The minimum atomic E-state index is -0.570. The summed E-state index contributed by atoms with van der Waals surface area (Å²) >= 11 is 0. The van der Waals surface area contributed by atoms with Crippen LogP contribution in [-0.2, 0) is 4.79 Å². The molecule has 1 atom stereocenters. The Morgan fingerprint density at radius 2 is 1.82 bits per heavy atom. The first kappa shape index (κ1) is 23.2. The Labute approximate surface area is 199 Å². The fraction of sp³-hybridized carbons (Fsp3) is 0.333. The van der Waals surface area contributed by atoms with Crippen molar-refractivity contribution < 1.29 is 9.72 Å². The lowest BCUT2D eigenvalue weighted by Crippen LogP contribution is -2.42. The standard InChI is InChI=1S/C27H28N4O3/c1-15-6-9-19(17(3)10-15)24-20(14-28)26(29)30(21-11-18(31(33)34)8-7-16(21)2)22-12-27(4,5)13-23(32)25(22)24/h6-11,24H,12-13,29H2,1-5H3. The number of carbonyl (C=O) groups is 1. The second-order valence-electron chi connectivity index (χ2n) is 10.1. The van der Waals surface area contributed by atoms with E-state index in [9.17, 15) is 20.2 Å². The number of Topliss-reactive ketones (excluding diaryl/α,β-unsaturated/α-hetero) is 1. The van der Waals surface area contributed by atoms with Gasteiger partial charge in [-0.15, -0.1) is 0 Å². The smallest absolute Gasteiger partial charge is 0.271 e. The van der Waals surface area contributed by atoms with Gasteiger partial charge in [-0.3, -0.25) is 19.8 Å². The van der Waals surface area contributed by atoms with Gasteiger partial charge in [0.1, 0.15) is 5.82 Å². The Morgan fingerprint density at radius 1 is 1.12 bits per heavy atom. The number of nitrogens with zero attached hydrogens (tertiary/aromatic N) is 3. The number of non-ortho nitro benzene ring substituents is 1. The zero-order valence-corrected chi connectivity index (χ0v) is 20.1. The SMILES string of the molecule is Cc1ccc(C2C(C#N)=C(N)N(c3cc([N+](=O)[O-])ccc3C)C3=C2C(=O)CC(C)(C)C3)c(C)c1. The van der Waals surface area contributed by atoms with Crippen LogP contribution in [0.15, 0.2) is 59.1 Å². The Bertz CT molecular complexity index is 1340. The second-order valence-corrected chi connectivity index (χ2v) is 10.1. The highest BCUT2D eigenvalue weighted by Gasteiger charge is 2.45. The van der Waals surface area contributed by atoms with Crippen molar-refractivity contribution in [1.29, 1.82) is 5.26 Å². The molecule has 2 N–H and O–H groups in total. The van der Waals surface area contributed by atoms with Crippen LogP contribution >= 0.6 is 0 Å². The molecule has 7 nitrogen and oxygen atoms in total. The number of ketones is 1. The highest BCUT2D eigenvalue weighted by Crippen LogP contribution is 2.51. The number of rotatable bonds is 3. The number of nitriles is 1. The lowest BCUT2D eigenvalue weighted by atomic mass is 9.68. The molecule has 4 rings (SSSR count). The van der Waals surface area contributed by atoms with Crippen molar-refractivity contribution in [1.82, 2.24) is 0 Å². The maximum atomic E-state index is 13.6. The van der Waals surface area contributed by atoms with Crippen LogP contribution < -0.4 is 10.6 Å². The third kappa shape index (κ3) is 3.75. The van der Waals surface area contributed by atoms with Crippen LogP contribution in [-0.4, -0.2) is 10.7 Å². The van der Waals surface area contributed by atoms with Gasteiger partial charge in [0.25, 0.3) is 5.69 Å². The Balaban J connectivity index is 2.06. The number of carbonyl (C=O) groups excluding carboxylic acids is 1. The molecule has 2 aliphatic rings. The van der Waals surface area contributed by atoms with Crippen LogP contribution in [0.25, 0.3) is 0 Å². The lowest BCUT2D eigenvalue weighted by Gasteiger charge is -2.44. The minimum absolute atomic E-state index is 0.0236. The summed E-state index contributed by atoms with van der Waals surface area (Å²) in [4.78, 5) is 26.4. The summed E-state index contributed by atoms with van der Waals surface area (Å²) < 4.78 is 0. The van der Waals surface area contributed by atoms with E-state index in [2.05, 4.69) is 6.07 Å². The van der Waals surface area contributed by atoms with E-state index in [1.54, 1.807) is 11.0 Å². The summed E-state index contributed by atoms with van der Waals surface area (Å²) in [5.41, 5.74) is 12.1. The number of aryl methyl sites for hydroxylation is 3. The molecule has 1 heterocycles. The number of hydrogen-bond acceptors (Lipinski definition) is 6. The van der Waals surface area contributed by atoms with Gasteiger partial charge in [0.15, 0.2) is 5.78 Å². The normalized spacial score (nSPS) is 19.7. The number of allylic oxidation sites excluding steroid dienone is 3. The largest absolute Gasteiger partial charge is 0.384 e. The van der Waals surface area contributed by atoms with Gasteiger partial charge in [-0.1, -0.05) is 43.7 Å². The van der Waals surface area contributed by atoms with Crippen LogP contribution in [0.1, 0.15) is 54.9 Å². The molecule has 1 aliphatic heterocycles. The molecule has 0 bridgehead atoms. The summed E-state index contributed by atoms with van der Waals surface area (Å²) in [7, 11) is 0. The molecule has 1 aliphatic carbocycles. The monoisotopic (exact) mass is 456 g/mol. The van der Waals surface area contributed by atoms with Gasteiger partial charge in [0.2, 0.25) is 0 Å². The van der Waals surface area contributed by atoms with E-state index in [0.29, 0.717) is 29.8 Å². The molecular weight excluding hydrogens is 428 g/mol. The Hall–Kier alpha value is -3.92. The fourth-order valence-corrected chi connectivity index (χ4v) is 5.20. The third-order valence-electron chi connectivity index (χ3n) is 6.76. The van der Waals surface area contributed by atoms with Crippen LogP contribution in [0, 0.1) is 47.6 Å². The molecule has 1 unspecified atom stereocenters. The van der Waals surface area contributed by atoms with Gasteiger partial charge < -0.3 is 5.73 Å². The summed E-state index contributed by atoms with van der Waals surface area (Å²) in [6.07, 6.45) is 0.907. The maximum absolute atomic E-state index is 13.6. The van der Waals surface area contributed by atoms with Crippen LogP contribution in [0.5, 0.6) is 0 Å². The molecule has 0 aromatic heterocycles. The third-order valence-corrected chi connectivity index (χ3v) is 6.76. The molecular formula is C27H28N4O3. The van der Waals surface area contributed by atoms with Gasteiger partial charge in [0.05, 0.1) is 28.2 Å². The Kier molecular flexibility index (Phi) is 5.56. The predicted octanol–water partition coefficient (Wildman–Crippen LogP) is 5.46. The van der Waals surface area contributed by atoms with E-state index in [4.69, 9.17) is 5.73 Å². The van der Waals surface area contributed by atoms with Crippen molar-refractivity contribution in [2.75, 3.05) is 4.90 Å². The minimum Gasteiger partial charge on any atom is -0.384 e. The van der Waals surface area contributed by atoms with Crippen molar-refractivity contribution in [3.63, 3.8) is 0 Å². The highest BCUT2D eigenvalue weighted by molar-refractivity contribution is 6.02. The summed E-state index contributed by atoms with van der Waals surface area (Å²) in [6.45, 7) is 9.86. The number of hydrogen-bond donors (Lipinski definition) is 1. The van der Waals surface area contributed by atoms with E-state index in [1.807, 2.05) is 52.8 Å². The number of benzene rings is 2. The molecule has 174 valence electrons. The molecule has 0 saturated carbocycles. The molecule has 0 amide bonds. The van der Waals surface area contributed by atoms with Crippen LogP contribution in [0.3, 0.4) is 0 Å². The molecule has 0 spiro atoms. The van der Waals surface area contributed by atoms with Crippen LogP contribution in [0.2, 0.25) is 0 Å². The Morgan fingerprint density at radius 3 is 2.44 bits per heavy atom. The number of nitro benzene ring substituents is 1. The molecule has 2 aromatic rings. The molecule has 2 aromatic carbocycles. The highest BCUT2D eigenvalue weighted by atomic mass is 16.6. The quantitative estimate of drug-likeness (QED) is 0.484. The van der Waals surface area contributed by atoms with Gasteiger partial charge in [-0.05, 0) is 49.3 Å². The average molecular weight is 457 g/mol. The van der Waals surface area contributed by atoms with E-state index in [-0.39, 0.29) is 28.3 Å². The zero-order valence-electron chi connectivity index (χ0n) is 20.1. The first-order valence-corrected chi connectivity index (χ1v) is 11.2. The zero-order chi connectivity index (χ0) is 24.9. The summed E-state index contributed by atoms with van der Waals surface area (Å²) in [6, 6.07) is 12.8. The molecule has 34 heavy (non-hydrogen) atoms. The second kappa shape index (κ2) is 8.14. The molecule has 7 heteroatoms. The van der Waals surface area contributed by atoms with E-state index in [1.165, 1.54) is 12.1 Å². The molecule has 0 radical (unpaired) electrons. The number of nitro groups is 1. The lowest BCUT2D eigenvalue weighted by molar-refractivity contribution is -0.384. The van der Waals surface area contributed by atoms with Gasteiger partial charge in [-0.25, -0.2) is 0 Å².